The van der Waals surface area contributed by atoms with Crippen LogP contribution in [0.15, 0.2) is 22.7 Å². The van der Waals surface area contributed by atoms with Crippen molar-refractivity contribution in [3.63, 3.8) is 0 Å². The predicted octanol–water partition coefficient (Wildman–Crippen LogP) is 3.88. The average molecular weight is 397 g/mol. The number of halogens is 7. The Labute approximate surface area is 127 Å². The van der Waals surface area contributed by atoms with E-state index in [0.29, 0.717) is 0 Å². The maximum atomic E-state index is 13.2. The minimum Gasteiger partial charge on any atom is -0.481 e. The fourth-order valence-electron chi connectivity index (χ4n) is 1.29. The Morgan fingerprint density at radius 2 is 1.86 bits per heavy atom. The highest BCUT2D eigenvalue weighted by atomic mass is 79.9. The highest BCUT2D eigenvalue weighted by molar-refractivity contribution is 9.10. The number of carboxylic acids is 1. The summed E-state index contributed by atoms with van der Waals surface area (Å²) in [5.41, 5.74) is 0.207. The van der Waals surface area contributed by atoms with Crippen LogP contribution in [0.25, 0.3) is 0 Å². The Balaban J connectivity index is 2.86. The molecular weight excluding hydrogens is 390 g/mol. The standard InChI is InChI=1S/C11H7BrF6O4/c12-6-3-5(4-8(19)20)1-2-7(6)21-10(14,15)9(13)22-11(16,17)18/h1-3,9H,4H2,(H,19,20)/t9-/m0/s1. The number of rotatable bonds is 6. The number of hydrogen-bond donors (Lipinski definition) is 1. The molecule has 1 aromatic rings. The smallest absolute Gasteiger partial charge is 0.481 e. The zero-order chi connectivity index (χ0) is 17.1. The first kappa shape index (κ1) is 18.6. The second-order valence-electron chi connectivity index (χ2n) is 3.88. The summed E-state index contributed by atoms with van der Waals surface area (Å²) in [6.07, 6.45) is -15.0. The van der Waals surface area contributed by atoms with Crippen molar-refractivity contribution in [2.24, 2.45) is 0 Å². The molecule has 0 unspecified atom stereocenters. The fraction of sp³-hybridized carbons (Fsp3) is 0.364. The Morgan fingerprint density at radius 1 is 1.27 bits per heavy atom. The zero-order valence-corrected chi connectivity index (χ0v) is 11.9. The van der Waals surface area contributed by atoms with Crippen LogP contribution < -0.4 is 4.74 Å². The molecule has 124 valence electrons. The summed E-state index contributed by atoms with van der Waals surface area (Å²) in [4.78, 5) is 10.5. The summed E-state index contributed by atoms with van der Waals surface area (Å²) < 4.78 is 80.6. The van der Waals surface area contributed by atoms with Crippen molar-refractivity contribution in [3.05, 3.63) is 28.2 Å². The highest BCUT2D eigenvalue weighted by Crippen LogP contribution is 2.35. The monoisotopic (exact) mass is 396 g/mol. The van der Waals surface area contributed by atoms with Crippen LogP contribution in [-0.4, -0.2) is 29.9 Å². The van der Waals surface area contributed by atoms with Crippen molar-refractivity contribution in [1.82, 2.24) is 0 Å². The molecule has 1 aromatic carbocycles. The van der Waals surface area contributed by atoms with Crippen molar-refractivity contribution in [2.75, 3.05) is 0 Å². The molecule has 0 aromatic heterocycles. The van der Waals surface area contributed by atoms with Gasteiger partial charge in [-0.1, -0.05) is 6.07 Å². The number of carboxylic acid groups (broad SMARTS) is 1. The van der Waals surface area contributed by atoms with Gasteiger partial charge in [0.05, 0.1) is 10.9 Å². The minimum atomic E-state index is -5.60. The lowest BCUT2D eigenvalue weighted by molar-refractivity contribution is -0.411. The van der Waals surface area contributed by atoms with E-state index in [1.54, 1.807) is 0 Å². The fourth-order valence-corrected chi connectivity index (χ4v) is 1.80. The van der Waals surface area contributed by atoms with Gasteiger partial charge in [-0.2, -0.15) is 8.78 Å². The molecular formula is C11H7BrF6O4. The topological polar surface area (TPSA) is 55.8 Å². The molecule has 0 aliphatic rings. The molecule has 0 fully saturated rings. The lowest BCUT2D eigenvalue weighted by atomic mass is 10.1. The van der Waals surface area contributed by atoms with Crippen molar-refractivity contribution in [1.29, 1.82) is 0 Å². The molecule has 0 amide bonds. The molecule has 0 saturated carbocycles. The van der Waals surface area contributed by atoms with Gasteiger partial charge in [-0.25, -0.2) is 9.13 Å². The summed E-state index contributed by atoms with van der Waals surface area (Å²) >= 11 is 2.76. The Kier molecular flexibility index (Phi) is 5.68. The molecule has 0 aliphatic carbocycles. The predicted molar refractivity (Wildman–Crippen MR) is 63.1 cm³/mol. The van der Waals surface area contributed by atoms with Crippen LogP contribution >= 0.6 is 15.9 Å². The maximum absolute atomic E-state index is 13.2. The van der Waals surface area contributed by atoms with E-state index in [2.05, 4.69) is 25.4 Å². The second kappa shape index (κ2) is 6.73. The van der Waals surface area contributed by atoms with Crippen molar-refractivity contribution in [3.8, 4) is 5.75 Å². The minimum absolute atomic E-state index is 0.190. The number of benzene rings is 1. The van der Waals surface area contributed by atoms with Crippen LogP contribution in [0.4, 0.5) is 26.3 Å². The molecule has 1 atom stereocenters. The van der Waals surface area contributed by atoms with E-state index >= 15 is 0 Å². The number of alkyl halides is 6. The normalized spacial score (nSPS) is 13.8. The third-order valence-corrected chi connectivity index (χ3v) is 2.72. The van der Waals surface area contributed by atoms with Gasteiger partial charge >= 0.3 is 24.8 Å². The van der Waals surface area contributed by atoms with Gasteiger partial charge in [0.1, 0.15) is 5.75 Å². The van der Waals surface area contributed by atoms with Gasteiger partial charge in [-0.15, -0.1) is 13.2 Å². The second-order valence-corrected chi connectivity index (χ2v) is 4.73. The lowest BCUT2D eigenvalue weighted by Crippen LogP contribution is -2.41. The van der Waals surface area contributed by atoms with Crippen LogP contribution in [0, 0.1) is 0 Å². The molecule has 1 N–H and O–H groups in total. The summed E-state index contributed by atoms with van der Waals surface area (Å²) in [6, 6.07) is 3.04. The molecule has 0 spiro atoms. The average Bonchev–Trinajstić information content (AvgIpc) is 2.29. The van der Waals surface area contributed by atoms with Gasteiger partial charge in [0, 0.05) is 0 Å². The molecule has 11 heteroatoms. The Bertz CT molecular complexity index is 548. The summed E-state index contributed by atoms with van der Waals surface area (Å²) in [5, 5.41) is 8.56. The van der Waals surface area contributed by atoms with Crippen LogP contribution in [0.3, 0.4) is 0 Å². The molecule has 0 saturated heterocycles. The molecule has 4 nitrogen and oxygen atoms in total. The van der Waals surface area contributed by atoms with Crippen LogP contribution in [-0.2, 0) is 16.0 Å². The number of ether oxygens (including phenoxy) is 2. The summed E-state index contributed by atoms with van der Waals surface area (Å²) in [5.74, 6) is -1.87. The van der Waals surface area contributed by atoms with Gasteiger partial charge < -0.3 is 9.84 Å². The molecule has 0 bridgehead atoms. The van der Waals surface area contributed by atoms with Crippen LogP contribution in [0.2, 0.25) is 0 Å². The van der Waals surface area contributed by atoms with Gasteiger partial charge in [0.2, 0.25) is 0 Å². The van der Waals surface area contributed by atoms with Crippen LogP contribution in [0.5, 0.6) is 5.75 Å². The largest absolute Gasteiger partial charge is 0.525 e. The summed E-state index contributed by atoms with van der Waals surface area (Å²) in [7, 11) is 0. The number of aliphatic carboxylic acids is 1. The first-order chi connectivity index (χ1) is 9.90. The van der Waals surface area contributed by atoms with E-state index in [-0.39, 0.29) is 10.0 Å². The molecule has 1 rings (SSSR count). The summed E-state index contributed by atoms with van der Waals surface area (Å²) in [6.45, 7) is 0. The first-order valence-corrected chi connectivity index (χ1v) is 6.15. The maximum Gasteiger partial charge on any atom is 0.525 e. The molecule has 0 radical (unpaired) electrons. The van der Waals surface area contributed by atoms with E-state index < -0.39 is 37.0 Å². The molecule has 0 aliphatic heterocycles. The number of hydrogen-bond acceptors (Lipinski definition) is 3. The first-order valence-electron chi connectivity index (χ1n) is 5.36. The zero-order valence-electron chi connectivity index (χ0n) is 10.3. The quantitative estimate of drug-likeness (QED) is 0.741. The van der Waals surface area contributed by atoms with Gasteiger partial charge in [-0.3, -0.25) is 4.79 Å². The van der Waals surface area contributed by atoms with E-state index in [4.69, 9.17) is 5.11 Å². The van der Waals surface area contributed by atoms with Gasteiger partial charge in [0.15, 0.2) is 0 Å². The molecule has 0 heterocycles. The third-order valence-electron chi connectivity index (χ3n) is 2.10. The molecule has 22 heavy (non-hydrogen) atoms. The van der Waals surface area contributed by atoms with Crippen molar-refractivity contribution < 1.29 is 45.7 Å². The van der Waals surface area contributed by atoms with Gasteiger partial charge in [0.25, 0.3) is 0 Å². The SMILES string of the molecule is O=C(O)Cc1ccc(OC(F)(F)[C@@H](F)OC(F)(F)F)c(Br)c1. The lowest BCUT2D eigenvalue weighted by Gasteiger charge is -2.22. The third kappa shape index (κ3) is 5.72. The van der Waals surface area contributed by atoms with E-state index in [0.717, 1.165) is 18.2 Å². The van der Waals surface area contributed by atoms with Crippen molar-refractivity contribution in [2.45, 2.75) is 25.2 Å². The van der Waals surface area contributed by atoms with Crippen LogP contribution in [0.1, 0.15) is 5.56 Å². The Morgan fingerprint density at radius 3 is 2.32 bits per heavy atom. The van der Waals surface area contributed by atoms with Crippen molar-refractivity contribution >= 4 is 21.9 Å². The van der Waals surface area contributed by atoms with Gasteiger partial charge in [-0.05, 0) is 33.6 Å². The number of carbonyl (C=O) groups is 1. The van der Waals surface area contributed by atoms with E-state index in [1.165, 1.54) is 0 Å². The Hall–Kier alpha value is -1.49. The van der Waals surface area contributed by atoms with E-state index in [1.807, 2.05) is 0 Å². The highest BCUT2D eigenvalue weighted by Gasteiger charge is 2.50. The van der Waals surface area contributed by atoms with E-state index in [9.17, 15) is 31.1 Å².